The van der Waals surface area contributed by atoms with E-state index in [-0.39, 0.29) is 11.4 Å². The van der Waals surface area contributed by atoms with Crippen molar-refractivity contribution in [1.82, 2.24) is 0 Å². The number of rotatable bonds is 3. The lowest BCUT2D eigenvalue weighted by Gasteiger charge is -2.07. The maximum atomic E-state index is 13.2. The van der Waals surface area contributed by atoms with Crippen molar-refractivity contribution in [2.24, 2.45) is 0 Å². The third kappa shape index (κ3) is 3.21. The van der Waals surface area contributed by atoms with Crippen molar-refractivity contribution in [3.63, 3.8) is 0 Å². The number of hydrogen-bond donors (Lipinski definition) is 1. The summed E-state index contributed by atoms with van der Waals surface area (Å²) in [4.78, 5) is 9.79. The first-order valence-corrected chi connectivity index (χ1v) is 5.12. The van der Waals surface area contributed by atoms with Crippen LogP contribution in [0.1, 0.15) is 0 Å². The normalized spacial score (nSPS) is 10.3. The number of anilines is 2. The van der Waals surface area contributed by atoms with Crippen molar-refractivity contribution in [3.8, 4) is 0 Å². The average molecular weight is 268 g/mol. The summed E-state index contributed by atoms with van der Waals surface area (Å²) in [7, 11) is 0. The van der Waals surface area contributed by atoms with Crippen LogP contribution in [0.15, 0.2) is 36.4 Å². The molecule has 2 aromatic carbocycles. The highest BCUT2D eigenvalue weighted by Gasteiger charge is 2.10. The van der Waals surface area contributed by atoms with Crippen molar-refractivity contribution in [1.29, 1.82) is 0 Å². The van der Waals surface area contributed by atoms with Crippen LogP contribution in [0.5, 0.6) is 0 Å². The second-order valence-electron chi connectivity index (χ2n) is 3.74. The molecule has 1 N–H and O–H groups in total. The Labute approximate surface area is 105 Å². The van der Waals surface area contributed by atoms with Crippen molar-refractivity contribution in [3.05, 3.63) is 64.0 Å². The molecule has 0 bridgehead atoms. The predicted octanol–water partition coefficient (Wildman–Crippen LogP) is 3.76. The average Bonchev–Trinajstić information content (AvgIpc) is 2.26. The zero-order valence-corrected chi connectivity index (χ0v) is 9.36. The van der Waals surface area contributed by atoms with Crippen molar-refractivity contribution < 1.29 is 18.1 Å². The van der Waals surface area contributed by atoms with Gasteiger partial charge in [-0.1, -0.05) is 0 Å². The number of non-ortho nitro benzene ring substituents is 1. The van der Waals surface area contributed by atoms with Crippen LogP contribution in [0.3, 0.4) is 0 Å². The highest BCUT2D eigenvalue weighted by atomic mass is 19.1. The fourth-order valence-corrected chi connectivity index (χ4v) is 1.54. The maximum absolute atomic E-state index is 13.2. The van der Waals surface area contributed by atoms with Gasteiger partial charge >= 0.3 is 0 Å². The van der Waals surface area contributed by atoms with Crippen LogP contribution < -0.4 is 5.32 Å². The van der Waals surface area contributed by atoms with E-state index in [1.165, 1.54) is 0 Å². The highest BCUT2D eigenvalue weighted by molar-refractivity contribution is 5.62. The van der Waals surface area contributed by atoms with Crippen LogP contribution in [0.4, 0.5) is 30.2 Å². The molecule has 0 radical (unpaired) electrons. The van der Waals surface area contributed by atoms with Crippen LogP contribution in [-0.4, -0.2) is 4.92 Å². The van der Waals surface area contributed by atoms with Crippen LogP contribution in [-0.2, 0) is 0 Å². The molecular formula is C12H7F3N2O2. The van der Waals surface area contributed by atoms with E-state index >= 15 is 0 Å². The van der Waals surface area contributed by atoms with Gasteiger partial charge in [-0.25, -0.2) is 13.2 Å². The molecule has 0 spiro atoms. The lowest BCUT2D eigenvalue weighted by atomic mass is 10.2. The quantitative estimate of drug-likeness (QED) is 0.681. The minimum Gasteiger partial charge on any atom is -0.355 e. The number of nitro groups is 1. The van der Waals surface area contributed by atoms with E-state index < -0.39 is 28.1 Å². The Morgan fingerprint density at radius 2 is 1.32 bits per heavy atom. The van der Waals surface area contributed by atoms with Crippen LogP contribution in [0.2, 0.25) is 0 Å². The van der Waals surface area contributed by atoms with Gasteiger partial charge in [-0.2, -0.15) is 0 Å². The molecule has 19 heavy (non-hydrogen) atoms. The van der Waals surface area contributed by atoms with E-state index in [0.29, 0.717) is 6.07 Å². The molecule has 0 saturated heterocycles. The number of halogens is 3. The third-order valence-corrected chi connectivity index (χ3v) is 2.24. The fraction of sp³-hybridized carbons (Fsp3) is 0. The summed E-state index contributed by atoms with van der Waals surface area (Å²) >= 11 is 0. The SMILES string of the molecule is O=[N+]([O-])c1cc(F)cc(Nc2cc(F)cc(F)c2)c1. The van der Waals surface area contributed by atoms with E-state index in [4.69, 9.17) is 0 Å². The van der Waals surface area contributed by atoms with Gasteiger partial charge in [0.2, 0.25) is 0 Å². The Bertz CT molecular complexity index is 627. The number of nitrogens with one attached hydrogen (secondary N) is 1. The molecular weight excluding hydrogens is 261 g/mol. The Hall–Kier alpha value is -2.57. The van der Waals surface area contributed by atoms with Gasteiger partial charge in [0, 0.05) is 23.5 Å². The fourth-order valence-electron chi connectivity index (χ4n) is 1.54. The van der Waals surface area contributed by atoms with Crippen LogP contribution in [0.25, 0.3) is 0 Å². The molecule has 0 atom stereocenters. The second-order valence-corrected chi connectivity index (χ2v) is 3.74. The lowest BCUT2D eigenvalue weighted by molar-refractivity contribution is -0.385. The molecule has 0 aliphatic carbocycles. The molecule has 98 valence electrons. The van der Waals surface area contributed by atoms with Gasteiger partial charge in [0.25, 0.3) is 5.69 Å². The molecule has 0 fully saturated rings. The summed E-state index contributed by atoms with van der Waals surface area (Å²) in [5.41, 5.74) is -0.409. The number of nitro benzene ring substituents is 1. The van der Waals surface area contributed by atoms with Crippen molar-refractivity contribution in [2.45, 2.75) is 0 Å². The van der Waals surface area contributed by atoms with Gasteiger partial charge in [-0.15, -0.1) is 0 Å². The Kier molecular flexibility index (Phi) is 3.37. The minimum absolute atomic E-state index is 0.0247. The monoisotopic (exact) mass is 268 g/mol. The van der Waals surface area contributed by atoms with E-state index in [2.05, 4.69) is 5.32 Å². The summed E-state index contributed by atoms with van der Waals surface area (Å²) < 4.78 is 39.1. The number of benzene rings is 2. The minimum atomic E-state index is -0.825. The Morgan fingerprint density at radius 3 is 1.84 bits per heavy atom. The van der Waals surface area contributed by atoms with E-state index in [1.807, 2.05) is 0 Å². The Balaban J connectivity index is 2.35. The lowest BCUT2D eigenvalue weighted by Crippen LogP contribution is -1.96. The van der Waals surface area contributed by atoms with Gasteiger partial charge in [0.15, 0.2) is 0 Å². The zero-order valence-electron chi connectivity index (χ0n) is 9.36. The molecule has 4 nitrogen and oxygen atoms in total. The summed E-state index contributed by atoms with van der Waals surface area (Å²) in [6, 6.07) is 5.44. The van der Waals surface area contributed by atoms with Gasteiger partial charge in [-0.3, -0.25) is 10.1 Å². The summed E-state index contributed by atoms with van der Waals surface area (Å²) in [5.74, 6) is -2.45. The molecule has 0 aliphatic rings. The number of hydrogen-bond acceptors (Lipinski definition) is 3. The van der Waals surface area contributed by atoms with E-state index in [0.717, 1.165) is 30.3 Å². The molecule has 7 heteroatoms. The largest absolute Gasteiger partial charge is 0.355 e. The molecule has 0 amide bonds. The van der Waals surface area contributed by atoms with Crippen molar-refractivity contribution in [2.75, 3.05) is 5.32 Å². The predicted molar refractivity (Wildman–Crippen MR) is 62.7 cm³/mol. The van der Waals surface area contributed by atoms with Crippen LogP contribution in [0, 0.1) is 27.6 Å². The summed E-state index contributed by atoms with van der Waals surface area (Å²) in [6.45, 7) is 0. The molecule has 0 aromatic heterocycles. The molecule has 0 unspecified atom stereocenters. The topological polar surface area (TPSA) is 55.2 Å². The smallest absolute Gasteiger partial charge is 0.274 e. The zero-order chi connectivity index (χ0) is 14.0. The number of nitrogens with zero attached hydrogens (tertiary/aromatic N) is 1. The van der Waals surface area contributed by atoms with Gasteiger partial charge in [-0.05, 0) is 18.2 Å². The first kappa shape index (κ1) is 12.9. The standard InChI is InChI=1S/C12H7F3N2O2/c13-7-1-8(14)3-10(2-7)16-11-4-9(15)5-12(6-11)17(18)19/h1-6,16H. The van der Waals surface area contributed by atoms with Crippen LogP contribution >= 0.6 is 0 Å². The van der Waals surface area contributed by atoms with E-state index in [1.54, 1.807) is 0 Å². The van der Waals surface area contributed by atoms with Crippen molar-refractivity contribution >= 4 is 17.1 Å². The molecule has 0 heterocycles. The van der Waals surface area contributed by atoms with E-state index in [9.17, 15) is 23.3 Å². The summed E-state index contributed by atoms with van der Waals surface area (Å²) in [6.07, 6.45) is 0. The molecule has 0 saturated carbocycles. The summed E-state index contributed by atoms with van der Waals surface area (Å²) in [5, 5.41) is 13.1. The van der Waals surface area contributed by atoms with Gasteiger partial charge in [0.05, 0.1) is 11.0 Å². The molecule has 2 rings (SSSR count). The third-order valence-electron chi connectivity index (χ3n) is 2.24. The Morgan fingerprint density at radius 1 is 0.842 bits per heavy atom. The molecule has 2 aromatic rings. The highest BCUT2D eigenvalue weighted by Crippen LogP contribution is 2.24. The van der Waals surface area contributed by atoms with Gasteiger partial charge < -0.3 is 5.32 Å². The maximum Gasteiger partial charge on any atom is 0.274 e. The van der Waals surface area contributed by atoms with Gasteiger partial charge in [0.1, 0.15) is 17.5 Å². The second kappa shape index (κ2) is 4.97. The first-order chi connectivity index (χ1) is 8.94. The first-order valence-electron chi connectivity index (χ1n) is 5.12. The molecule has 0 aliphatic heterocycles.